The number of carbonyl (C=O) groups is 1. The Morgan fingerprint density at radius 2 is 1.92 bits per heavy atom. The van der Waals surface area contributed by atoms with Crippen LogP contribution in [0.25, 0.3) is 0 Å². The number of benzene rings is 1. The van der Waals surface area contributed by atoms with Crippen molar-refractivity contribution in [2.24, 2.45) is 11.8 Å². The fourth-order valence-electron chi connectivity index (χ4n) is 3.46. The lowest BCUT2D eigenvalue weighted by Gasteiger charge is -2.34. The second-order valence-electron chi connectivity index (χ2n) is 7.10. The number of piperidine rings is 1. The first-order valence-corrected chi connectivity index (χ1v) is 9.42. The van der Waals surface area contributed by atoms with Gasteiger partial charge < -0.3 is 0 Å². The molecule has 0 radical (unpaired) electrons. The van der Waals surface area contributed by atoms with Gasteiger partial charge in [0.2, 0.25) is 0 Å². The van der Waals surface area contributed by atoms with Gasteiger partial charge in [-0.05, 0) is 37.3 Å². The van der Waals surface area contributed by atoms with Gasteiger partial charge in [-0.25, -0.2) is 4.98 Å². The van der Waals surface area contributed by atoms with Crippen molar-refractivity contribution in [1.82, 2.24) is 9.88 Å². The van der Waals surface area contributed by atoms with Crippen molar-refractivity contribution in [1.29, 1.82) is 0 Å². The molecule has 2 atom stereocenters. The number of thiazole rings is 1. The third-order valence-corrected chi connectivity index (χ3v) is 5.22. The van der Waals surface area contributed by atoms with E-state index >= 15 is 0 Å². The van der Waals surface area contributed by atoms with Crippen LogP contribution in [0.4, 0.5) is 5.13 Å². The highest BCUT2D eigenvalue weighted by atomic mass is 32.1. The summed E-state index contributed by atoms with van der Waals surface area (Å²) < 4.78 is 0. The molecule has 0 unspecified atom stereocenters. The highest BCUT2D eigenvalue weighted by molar-refractivity contribution is 7.13. The van der Waals surface area contributed by atoms with E-state index in [1.807, 2.05) is 31.2 Å². The number of hydrogen-bond acceptors (Lipinski definition) is 4. The second-order valence-corrected chi connectivity index (χ2v) is 7.96. The van der Waals surface area contributed by atoms with Crippen LogP contribution in [-0.4, -0.2) is 28.9 Å². The average Bonchev–Trinajstić information content (AvgIpc) is 2.93. The first kappa shape index (κ1) is 17.1. The summed E-state index contributed by atoms with van der Waals surface area (Å²) in [6.07, 6.45) is 1.31. The maximum Gasteiger partial charge on any atom is 0.257 e. The molecule has 1 fully saturated rings. The van der Waals surface area contributed by atoms with Gasteiger partial charge in [0.1, 0.15) is 0 Å². The number of rotatable bonds is 4. The van der Waals surface area contributed by atoms with E-state index in [0.29, 0.717) is 10.7 Å². The Kier molecular flexibility index (Phi) is 5.31. The Labute approximate surface area is 147 Å². The van der Waals surface area contributed by atoms with Crippen molar-refractivity contribution in [3.8, 4) is 0 Å². The van der Waals surface area contributed by atoms with Crippen molar-refractivity contribution in [3.63, 3.8) is 0 Å². The molecule has 0 spiro atoms. The Balaban J connectivity index is 1.59. The molecule has 2 aromatic rings. The summed E-state index contributed by atoms with van der Waals surface area (Å²) in [5.41, 5.74) is 2.85. The molecule has 3 rings (SSSR count). The molecule has 1 N–H and O–H groups in total. The van der Waals surface area contributed by atoms with Gasteiger partial charge in [-0.2, -0.15) is 0 Å². The van der Waals surface area contributed by atoms with Gasteiger partial charge >= 0.3 is 0 Å². The molecule has 1 aliphatic heterocycles. The summed E-state index contributed by atoms with van der Waals surface area (Å²) in [6, 6.07) is 7.58. The number of carbonyl (C=O) groups excluding carboxylic acids is 1. The van der Waals surface area contributed by atoms with Crippen LogP contribution in [0, 0.1) is 18.8 Å². The van der Waals surface area contributed by atoms with Gasteiger partial charge in [-0.1, -0.05) is 31.5 Å². The van der Waals surface area contributed by atoms with Gasteiger partial charge in [-0.15, -0.1) is 11.3 Å². The molecule has 1 aromatic carbocycles. The Hall–Kier alpha value is -1.72. The zero-order valence-corrected chi connectivity index (χ0v) is 15.4. The summed E-state index contributed by atoms with van der Waals surface area (Å²) in [6.45, 7) is 9.77. The quantitative estimate of drug-likeness (QED) is 0.906. The number of aryl methyl sites for hydroxylation is 1. The van der Waals surface area contributed by atoms with Crippen LogP contribution in [0.5, 0.6) is 0 Å². The molecule has 2 heterocycles. The molecule has 5 heteroatoms. The molecule has 1 aliphatic rings. The normalized spacial score (nSPS) is 21.6. The number of anilines is 1. The lowest BCUT2D eigenvalue weighted by molar-refractivity contribution is 0.102. The van der Waals surface area contributed by atoms with Crippen molar-refractivity contribution in [3.05, 3.63) is 46.5 Å². The zero-order chi connectivity index (χ0) is 17.1. The molecule has 0 bridgehead atoms. The number of nitrogens with zero attached hydrogens (tertiary/aromatic N) is 2. The van der Waals surface area contributed by atoms with E-state index in [4.69, 9.17) is 0 Å². The van der Waals surface area contributed by atoms with E-state index in [2.05, 4.69) is 34.4 Å². The van der Waals surface area contributed by atoms with E-state index in [1.165, 1.54) is 17.8 Å². The minimum atomic E-state index is -0.101. The fraction of sp³-hybridized carbons (Fsp3) is 0.474. The summed E-state index contributed by atoms with van der Waals surface area (Å²) in [5.74, 6) is 1.39. The number of amides is 1. The summed E-state index contributed by atoms with van der Waals surface area (Å²) in [4.78, 5) is 19.3. The predicted octanol–water partition coefficient (Wildman–Crippen LogP) is 4.18. The smallest absolute Gasteiger partial charge is 0.257 e. The second kappa shape index (κ2) is 7.45. The van der Waals surface area contributed by atoms with E-state index in [-0.39, 0.29) is 5.91 Å². The molecule has 128 valence electrons. The van der Waals surface area contributed by atoms with Crippen LogP contribution in [0.15, 0.2) is 29.6 Å². The van der Waals surface area contributed by atoms with Crippen LogP contribution >= 0.6 is 11.3 Å². The standard InChI is InChI=1S/C19H25N3OS/c1-13-4-6-16(7-5-13)18(23)21-19-20-17(12-24-19)11-22-9-14(2)8-15(3)10-22/h4-7,12,14-15H,8-11H2,1-3H3,(H,20,21,23)/t14-,15-/m1/s1. The predicted molar refractivity (Wildman–Crippen MR) is 99.5 cm³/mol. The van der Waals surface area contributed by atoms with Crippen LogP contribution in [-0.2, 0) is 6.54 Å². The molecule has 1 aromatic heterocycles. The number of hydrogen-bond donors (Lipinski definition) is 1. The van der Waals surface area contributed by atoms with E-state index < -0.39 is 0 Å². The molecule has 24 heavy (non-hydrogen) atoms. The highest BCUT2D eigenvalue weighted by Gasteiger charge is 2.22. The van der Waals surface area contributed by atoms with E-state index in [1.54, 1.807) is 0 Å². The summed E-state index contributed by atoms with van der Waals surface area (Å²) >= 11 is 1.50. The molecule has 1 saturated heterocycles. The minimum absolute atomic E-state index is 0.101. The highest BCUT2D eigenvalue weighted by Crippen LogP contribution is 2.24. The minimum Gasteiger partial charge on any atom is -0.298 e. The van der Waals surface area contributed by atoms with Gasteiger partial charge in [0.25, 0.3) is 5.91 Å². The molecule has 4 nitrogen and oxygen atoms in total. The van der Waals surface area contributed by atoms with Crippen molar-refractivity contribution >= 4 is 22.4 Å². The van der Waals surface area contributed by atoms with Crippen molar-refractivity contribution in [2.45, 2.75) is 33.7 Å². The molecular formula is C19H25N3OS. The van der Waals surface area contributed by atoms with Gasteiger partial charge in [0.05, 0.1) is 5.69 Å². The Morgan fingerprint density at radius 1 is 1.25 bits per heavy atom. The van der Waals surface area contributed by atoms with Crippen LogP contribution in [0.1, 0.15) is 41.9 Å². The largest absolute Gasteiger partial charge is 0.298 e. The van der Waals surface area contributed by atoms with Gasteiger partial charge in [0.15, 0.2) is 5.13 Å². The summed E-state index contributed by atoms with van der Waals surface area (Å²) in [7, 11) is 0. The Morgan fingerprint density at radius 3 is 2.58 bits per heavy atom. The maximum atomic E-state index is 12.3. The number of likely N-dealkylation sites (tertiary alicyclic amines) is 1. The lowest BCUT2D eigenvalue weighted by atomic mass is 9.92. The SMILES string of the molecule is Cc1ccc(C(=O)Nc2nc(CN3C[C@H](C)C[C@@H](C)C3)cs2)cc1. The van der Waals surface area contributed by atoms with Crippen molar-refractivity contribution in [2.75, 3.05) is 18.4 Å². The number of aromatic nitrogens is 1. The molecule has 0 aliphatic carbocycles. The van der Waals surface area contributed by atoms with Crippen LogP contribution in [0.2, 0.25) is 0 Å². The first-order valence-electron chi connectivity index (χ1n) is 8.54. The van der Waals surface area contributed by atoms with Gasteiger partial charge in [-0.3, -0.25) is 15.0 Å². The van der Waals surface area contributed by atoms with Gasteiger partial charge in [0, 0.05) is 30.6 Å². The maximum absolute atomic E-state index is 12.3. The molecule has 1 amide bonds. The average molecular weight is 343 g/mol. The lowest BCUT2D eigenvalue weighted by Crippen LogP contribution is -2.38. The van der Waals surface area contributed by atoms with E-state index in [9.17, 15) is 4.79 Å². The Bertz CT molecular complexity index is 685. The van der Waals surface area contributed by atoms with E-state index in [0.717, 1.165) is 42.7 Å². The third-order valence-electron chi connectivity index (χ3n) is 4.42. The number of nitrogens with one attached hydrogen (secondary N) is 1. The van der Waals surface area contributed by atoms with Crippen LogP contribution < -0.4 is 5.32 Å². The first-order chi connectivity index (χ1) is 11.5. The molecule has 0 saturated carbocycles. The topological polar surface area (TPSA) is 45.2 Å². The summed E-state index contributed by atoms with van der Waals surface area (Å²) in [5, 5.41) is 5.63. The van der Waals surface area contributed by atoms with Crippen LogP contribution in [0.3, 0.4) is 0 Å². The molecular weight excluding hydrogens is 318 g/mol. The fourth-order valence-corrected chi connectivity index (χ4v) is 4.16. The zero-order valence-electron chi connectivity index (χ0n) is 14.6. The monoisotopic (exact) mass is 343 g/mol. The third kappa shape index (κ3) is 4.42. The van der Waals surface area contributed by atoms with Crippen molar-refractivity contribution < 1.29 is 4.79 Å².